The molecule has 0 atom stereocenters. The number of benzene rings is 4. The lowest BCUT2D eigenvalue weighted by atomic mass is 10.1. The second-order valence-electron chi connectivity index (χ2n) is 10.7. The Balaban J connectivity index is 1.55. The summed E-state index contributed by atoms with van der Waals surface area (Å²) in [6.07, 6.45) is 0. The van der Waals surface area contributed by atoms with Crippen LogP contribution in [0.4, 0.5) is 11.4 Å². The molecule has 0 spiro atoms. The minimum atomic E-state index is -0.0852. The van der Waals surface area contributed by atoms with Crippen molar-refractivity contribution in [1.29, 1.82) is 0 Å². The van der Waals surface area contributed by atoms with Gasteiger partial charge < -0.3 is 10.6 Å². The molecule has 0 aliphatic heterocycles. The Morgan fingerprint density at radius 1 is 0.512 bits per heavy atom. The monoisotopic (exact) mass is 548 g/mol. The molecule has 0 heterocycles. The van der Waals surface area contributed by atoms with Gasteiger partial charge in [0.05, 0.1) is 19.8 Å². The molecule has 0 bridgehead atoms. The molecule has 4 aromatic carbocycles. The van der Waals surface area contributed by atoms with Crippen LogP contribution in [-0.4, -0.2) is 41.4 Å². The van der Waals surface area contributed by atoms with Crippen LogP contribution in [0.1, 0.15) is 33.4 Å². The third kappa shape index (κ3) is 8.87. The summed E-state index contributed by atoms with van der Waals surface area (Å²) in [4.78, 5) is 30.9. The zero-order valence-electron chi connectivity index (χ0n) is 24.5. The molecule has 41 heavy (non-hydrogen) atoms. The van der Waals surface area contributed by atoms with E-state index in [0.29, 0.717) is 19.8 Å². The summed E-state index contributed by atoms with van der Waals surface area (Å²) in [6.45, 7) is 9.96. The summed E-state index contributed by atoms with van der Waals surface area (Å²) in [5.74, 6) is -0.170. The fraction of sp³-hybridized carbons (Fsp3) is 0.257. The smallest absolute Gasteiger partial charge is 0.238 e. The molecular formula is C35H40N4O2. The van der Waals surface area contributed by atoms with Crippen LogP contribution in [0.5, 0.6) is 0 Å². The predicted octanol–water partition coefficient (Wildman–Crippen LogP) is 6.46. The van der Waals surface area contributed by atoms with Crippen LogP contribution in [0.25, 0.3) is 0 Å². The van der Waals surface area contributed by atoms with Crippen molar-refractivity contribution in [3.63, 3.8) is 0 Å². The van der Waals surface area contributed by atoms with E-state index in [0.717, 1.165) is 44.8 Å². The lowest BCUT2D eigenvalue weighted by Gasteiger charge is -2.30. The summed E-state index contributed by atoms with van der Waals surface area (Å²) in [5.41, 5.74) is 8.03. The topological polar surface area (TPSA) is 64.7 Å². The number of aryl methyl sites for hydroxylation is 4. The molecule has 0 aliphatic carbocycles. The number of anilines is 2. The van der Waals surface area contributed by atoms with Gasteiger partial charge in [0.15, 0.2) is 0 Å². The molecule has 2 N–H and O–H groups in total. The van der Waals surface area contributed by atoms with Gasteiger partial charge in [0.25, 0.3) is 0 Å². The first kappa shape index (κ1) is 29.7. The predicted molar refractivity (Wildman–Crippen MR) is 168 cm³/mol. The highest BCUT2D eigenvalue weighted by atomic mass is 16.2. The van der Waals surface area contributed by atoms with Gasteiger partial charge in [-0.1, -0.05) is 97.1 Å². The Labute approximate surface area is 244 Å². The number of hydrogen-bond donors (Lipinski definition) is 2. The van der Waals surface area contributed by atoms with Gasteiger partial charge in [0.2, 0.25) is 11.8 Å². The van der Waals surface area contributed by atoms with E-state index < -0.39 is 0 Å². The Hall–Kier alpha value is -4.26. The van der Waals surface area contributed by atoms with E-state index in [1.807, 2.05) is 100 Å². The van der Waals surface area contributed by atoms with Gasteiger partial charge in [-0.05, 0) is 61.1 Å². The van der Waals surface area contributed by atoms with Crippen molar-refractivity contribution < 1.29 is 9.59 Å². The maximum atomic E-state index is 13.3. The molecular weight excluding hydrogens is 508 g/mol. The Kier molecular flexibility index (Phi) is 10.4. The number of hydrogen-bond acceptors (Lipinski definition) is 4. The van der Waals surface area contributed by atoms with Crippen LogP contribution in [-0.2, 0) is 22.7 Å². The third-order valence-corrected chi connectivity index (χ3v) is 7.12. The maximum Gasteiger partial charge on any atom is 0.238 e. The molecule has 0 unspecified atom stereocenters. The van der Waals surface area contributed by atoms with Gasteiger partial charge in [-0.2, -0.15) is 0 Å². The van der Waals surface area contributed by atoms with E-state index in [9.17, 15) is 9.59 Å². The summed E-state index contributed by atoms with van der Waals surface area (Å²) < 4.78 is 0. The van der Waals surface area contributed by atoms with Crippen LogP contribution in [0.3, 0.4) is 0 Å². The molecule has 0 saturated carbocycles. The van der Waals surface area contributed by atoms with Gasteiger partial charge in [0, 0.05) is 24.5 Å². The fourth-order valence-corrected chi connectivity index (χ4v) is 5.07. The van der Waals surface area contributed by atoms with Crippen molar-refractivity contribution in [2.45, 2.75) is 40.8 Å². The summed E-state index contributed by atoms with van der Waals surface area (Å²) in [5, 5.41) is 6.25. The van der Waals surface area contributed by atoms with Crippen molar-refractivity contribution in [2.24, 2.45) is 0 Å². The highest BCUT2D eigenvalue weighted by Gasteiger charge is 2.20. The number of para-hydroxylation sites is 2. The Morgan fingerprint density at radius 2 is 0.854 bits per heavy atom. The van der Waals surface area contributed by atoms with Gasteiger partial charge in [-0.15, -0.1) is 0 Å². The first-order chi connectivity index (χ1) is 19.8. The second kappa shape index (κ2) is 14.4. The summed E-state index contributed by atoms with van der Waals surface area (Å²) in [6, 6.07) is 32.2. The van der Waals surface area contributed by atoms with E-state index in [1.165, 1.54) is 0 Å². The molecule has 2 amide bonds. The highest BCUT2D eigenvalue weighted by Crippen LogP contribution is 2.21. The van der Waals surface area contributed by atoms with E-state index >= 15 is 0 Å². The minimum Gasteiger partial charge on any atom is -0.324 e. The highest BCUT2D eigenvalue weighted by molar-refractivity contribution is 5.94. The number of nitrogens with zero attached hydrogens (tertiary/aromatic N) is 2. The van der Waals surface area contributed by atoms with Crippen LogP contribution in [0.15, 0.2) is 97.1 Å². The number of carbonyl (C=O) groups is 2. The van der Waals surface area contributed by atoms with Gasteiger partial charge >= 0.3 is 0 Å². The molecule has 6 nitrogen and oxygen atoms in total. The van der Waals surface area contributed by atoms with Gasteiger partial charge in [-0.25, -0.2) is 0 Å². The molecule has 4 aromatic rings. The molecule has 6 heteroatoms. The zero-order valence-corrected chi connectivity index (χ0v) is 24.5. The van der Waals surface area contributed by atoms with Gasteiger partial charge in [-0.3, -0.25) is 19.4 Å². The average molecular weight is 549 g/mol. The normalized spacial score (nSPS) is 11.1. The molecule has 0 saturated heterocycles. The lowest BCUT2D eigenvalue weighted by molar-refractivity contribution is -0.119. The van der Waals surface area contributed by atoms with Crippen molar-refractivity contribution >= 4 is 23.2 Å². The Morgan fingerprint density at radius 3 is 1.20 bits per heavy atom. The average Bonchev–Trinajstić information content (AvgIpc) is 2.94. The lowest BCUT2D eigenvalue weighted by Crippen LogP contribution is -2.44. The summed E-state index contributed by atoms with van der Waals surface area (Å²) in [7, 11) is 0. The number of nitrogens with one attached hydrogen (secondary N) is 2. The standard InChI is InChI=1S/C35H40N4O2/c1-26-13-11-14-27(2)34(26)36-32(40)23-38(21-30-17-7-5-8-18-30)25-39(22-31-19-9-6-10-20-31)24-33(41)37-35-28(3)15-12-16-29(35)4/h5-20H,21-25H2,1-4H3,(H,36,40)(H,37,41). The van der Waals surface area contributed by atoms with Crippen LogP contribution in [0, 0.1) is 27.7 Å². The Bertz CT molecular complexity index is 1300. The molecule has 0 aromatic heterocycles. The van der Waals surface area contributed by atoms with E-state index in [4.69, 9.17) is 0 Å². The molecule has 212 valence electrons. The van der Waals surface area contributed by atoms with Crippen molar-refractivity contribution in [3.8, 4) is 0 Å². The van der Waals surface area contributed by atoms with Crippen molar-refractivity contribution in [3.05, 3.63) is 130 Å². The fourth-order valence-electron chi connectivity index (χ4n) is 5.07. The molecule has 0 fully saturated rings. The molecule has 0 radical (unpaired) electrons. The second-order valence-corrected chi connectivity index (χ2v) is 10.7. The maximum absolute atomic E-state index is 13.3. The quantitative estimate of drug-likeness (QED) is 0.200. The first-order valence-corrected chi connectivity index (χ1v) is 14.0. The van der Waals surface area contributed by atoms with Crippen molar-refractivity contribution in [1.82, 2.24) is 9.80 Å². The molecule has 4 rings (SSSR count). The number of carbonyl (C=O) groups excluding carboxylic acids is 2. The van der Waals surface area contributed by atoms with E-state index in [1.54, 1.807) is 0 Å². The zero-order chi connectivity index (χ0) is 29.2. The number of amides is 2. The minimum absolute atomic E-state index is 0.0852. The van der Waals surface area contributed by atoms with E-state index in [2.05, 4.69) is 44.7 Å². The first-order valence-electron chi connectivity index (χ1n) is 14.0. The van der Waals surface area contributed by atoms with E-state index in [-0.39, 0.29) is 24.9 Å². The van der Waals surface area contributed by atoms with Crippen LogP contribution >= 0.6 is 0 Å². The van der Waals surface area contributed by atoms with Crippen LogP contribution in [0.2, 0.25) is 0 Å². The largest absolute Gasteiger partial charge is 0.324 e. The van der Waals surface area contributed by atoms with Crippen molar-refractivity contribution in [2.75, 3.05) is 30.4 Å². The molecule has 0 aliphatic rings. The number of rotatable bonds is 12. The third-order valence-electron chi connectivity index (χ3n) is 7.12. The van der Waals surface area contributed by atoms with Gasteiger partial charge in [0.1, 0.15) is 0 Å². The van der Waals surface area contributed by atoms with Crippen LogP contribution < -0.4 is 10.6 Å². The SMILES string of the molecule is Cc1cccc(C)c1NC(=O)CN(Cc1ccccc1)CN(CC(=O)Nc1c(C)cccc1C)Cc1ccccc1. The summed E-state index contributed by atoms with van der Waals surface area (Å²) >= 11 is 0.